The zero-order valence-electron chi connectivity index (χ0n) is 13.4. The quantitative estimate of drug-likeness (QED) is 0.917. The van der Waals surface area contributed by atoms with E-state index in [2.05, 4.69) is 36.0 Å². The maximum absolute atomic E-state index is 11.7. The van der Waals surface area contributed by atoms with Crippen LogP contribution in [0.25, 0.3) is 0 Å². The van der Waals surface area contributed by atoms with Crippen LogP contribution in [0.1, 0.15) is 38.3 Å². The third kappa shape index (κ3) is 4.40. The van der Waals surface area contributed by atoms with Crippen LogP contribution in [0.5, 0.6) is 0 Å². The van der Waals surface area contributed by atoms with E-state index in [9.17, 15) is 8.42 Å². The van der Waals surface area contributed by atoms with Crippen LogP contribution in [0.4, 0.5) is 5.13 Å². The van der Waals surface area contributed by atoms with Crippen molar-refractivity contribution in [2.45, 2.75) is 52.7 Å². The van der Waals surface area contributed by atoms with Crippen LogP contribution in [-0.4, -0.2) is 43.0 Å². The number of thiazole rings is 1. The van der Waals surface area contributed by atoms with Crippen molar-refractivity contribution in [3.8, 4) is 0 Å². The van der Waals surface area contributed by atoms with Crippen LogP contribution in [-0.2, 0) is 16.4 Å². The molecule has 0 spiro atoms. The lowest BCUT2D eigenvalue weighted by Crippen LogP contribution is -2.47. The van der Waals surface area contributed by atoms with Gasteiger partial charge in [-0.15, -0.1) is 11.3 Å². The predicted octanol–water partition coefficient (Wildman–Crippen LogP) is 1.96. The molecular formula is C14H25N3O2S2. The maximum atomic E-state index is 11.7. The van der Waals surface area contributed by atoms with Crippen molar-refractivity contribution in [1.29, 1.82) is 0 Å². The number of hydrogen-bond acceptors (Lipinski definition) is 6. The first kappa shape index (κ1) is 16.7. The topological polar surface area (TPSA) is 62.3 Å². The van der Waals surface area contributed by atoms with Crippen LogP contribution in [0.3, 0.4) is 0 Å². The Labute approximate surface area is 131 Å². The van der Waals surface area contributed by atoms with E-state index in [1.807, 2.05) is 13.8 Å². The molecule has 1 aliphatic heterocycles. The van der Waals surface area contributed by atoms with Gasteiger partial charge in [-0.05, 0) is 34.6 Å². The molecule has 1 aliphatic rings. The Balaban J connectivity index is 2.11. The molecule has 1 N–H and O–H groups in total. The van der Waals surface area contributed by atoms with Gasteiger partial charge in [-0.25, -0.2) is 13.4 Å². The number of nitrogens with one attached hydrogen (secondary N) is 1. The fourth-order valence-electron chi connectivity index (χ4n) is 2.33. The molecule has 0 radical (unpaired) electrons. The minimum atomic E-state index is -2.88. The summed E-state index contributed by atoms with van der Waals surface area (Å²) in [7, 11) is -2.88. The van der Waals surface area contributed by atoms with Gasteiger partial charge in [0.15, 0.2) is 15.0 Å². The monoisotopic (exact) mass is 331 g/mol. The maximum Gasteiger partial charge on any atom is 0.186 e. The average molecular weight is 332 g/mol. The van der Waals surface area contributed by atoms with Gasteiger partial charge in [0.2, 0.25) is 0 Å². The summed E-state index contributed by atoms with van der Waals surface area (Å²) in [5.74, 6) is 0.451. The molecule has 2 heterocycles. The van der Waals surface area contributed by atoms with Gasteiger partial charge in [0, 0.05) is 29.5 Å². The lowest BCUT2D eigenvalue weighted by Gasteiger charge is -2.32. The molecule has 0 amide bonds. The first-order valence-electron chi connectivity index (χ1n) is 7.26. The molecule has 120 valence electrons. The van der Waals surface area contributed by atoms with Crippen LogP contribution in [0.15, 0.2) is 0 Å². The number of hydrogen-bond donors (Lipinski definition) is 1. The van der Waals surface area contributed by atoms with Gasteiger partial charge < -0.3 is 10.2 Å². The van der Waals surface area contributed by atoms with E-state index in [0.29, 0.717) is 6.54 Å². The molecule has 2 rings (SSSR count). The number of sulfone groups is 1. The van der Waals surface area contributed by atoms with Gasteiger partial charge in [-0.3, -0.25) is 0 Å². The van der Waals surface area contributed by atoms with Crippen molar-refractivity contribution in [1.82, 2.24) is 10.3 Å². The van der Waals surface area contributed by atoms with E-state index in [0.717, 1.165) is 17.4 Å². The highest BCUT2D eigenvalue weighted by atomic mass is 32.2. The molecule has 0 aromatic carbocycles. The first-order valence-corrected chi connectivity index (χ1v) is 9.89. The second-order valence-corrected chi connectivity index (χ2v) is 10.1. The van der Waals surface area contributed by atoms with E-state index in [1.54, 1.807) is 11.3 Å². The highest BCUT2D eigenvalue weighted by Gasteiger charge is 2.30. The summed E-state index contributed by atoms with van der Waals surface area (Å²) in [6.45, 7) is 11.7. The molecule has 1 aromatic rings. The normalized spacial score (nSPS) is 22.5. The Morgan fingerprint density at radius 3 is 2.67 bits per heavy atom. The highest BCUT2D eigenvalue weighted by molar-refractivity contribution is 7.91. The second-order valence-electron chi connectivity index (χ2n) is 6.77. The molecular weight excluding hydrogens is 306 g/mol. The Morgan fingerprint density at radius 1 is 1.43 bits per heavy atom. The fourth-order valence-corrected chi connectivity index (χ4v) is 5.01. The largest absolute Gasteiger partial charge is 0.343 e. The standard InChI is InChI=1S/C14H25N3O2S2/c1-10-9-21(18,19)7-6-17(10)13-16-11(2)12(20-13)8-15-14(3,4)5/h10,15H,6-9H2,1-5H3. The van der Waals surface area contributed by atoms with Crippen molar-refractivity contribution >= 4 is 26.3 Å². The lowest BCUT2D eigenvalue weighted by atomic mass is 10.1. The SMILES string of the molecule is Cc1nc(N2CCS(=O)(=O)CC2C)sc1CNC(C)(C)C. The molecule has 1 fully saturated rings. The molecule has 5 nitrogen and oxygen atoms in total. The molecule has 0 bridgehead atoms. The van der Waals surface area contributed by atoms with Gasteiger partial charge in [-0.1, -0.05) is 0 Å². The summed E-state index contributed by atoms with van der Waals surface area (Å²) < 4.78 is 23.3. The predicted molar refractivity (Wildman–Crippen MR) is 88.9 cm³/mol. The molecule has 0 saturated carbocycles. The Bertz CT molecular complexity index is 602. The molecule has 7 heteroatoms. The lowest BCUT2D eigenvalue weighted by molar-refractivity contribution is 0.425. The van der Waals surface area contributed by atoms with Crippen LogP contribution in [0, 0.1) is 6.92 Å². The van der Waals surface area contributed by atoms with Crippen molar-refractivity contribution in [3.05, 3.63) is 10.6 Å². The highest BCUT2D eigenvalue weighted by Crippen LogP contribution is 2.29. The van der Waals surface area contributed by atoms with Gasteiger partial charge in [-0.2, -0.15) is 0 Å². The van der Waals surface area contributed by atoms with E-state index in [4.69, 9.17) is 0 Å². The summed E-state index contributed by atoms with van der Waals surface area (Å²) >= 11 is 1.67. The minimum Gasteiger partial charge on any atom is -0.343 e. The fraction of sp³-hybridized carbons (Fsp3) is 0.786. The van der Waals surface area contributed by atoms with E-state index >= 15 is 0 Å². The zero-order valence-corrected chi connectivity index (χ0v) is 15.1. The van der Waals surface area contributed by atoms with E-state index in [1.165, 1.54) is 4.88 Å². The van der Waals surface area contributed by atoms with Gasteiger partial charge in [0.05, 0.1) is 17.2 Å². The number of aryl methyl sites for hydroxylation is 1. The zero-order chi connectivity index (χ0) is 15.8. The van der Waals surface area contributed by atoms with E-state index < -0.39 is 9.84 Å². The van der Waals surface area contributed by atoms with Crippen LogP contribution >= 0.6 is 11.3 Å². The van der Waals surface area contributed by atoms with Crippen molar-refractivity contribution in [2.24, 2.45) is 0 Å². The molecule has 1 aromatic heterocycles. The third-order valence-corrected chi connectivity index (χ3v) is 6.57. The van der Waals surface area contributed by atoms with Crippen molar-refractivity contribution in [3.63, 3.8) is 0 Å². The summed E-state index contributed by atoms with van der Waals surface area (Å²) in [6, 6.07) is -0.00211. The van der Waals surface area contributed by atoms with Gasteiger partial charge in [0.1, 0.15) is 0 Å². The van der Waals surface area contributed by atoms with Gasteiger partial charge in [0.25, 0.3) is 0 Å². The number of aromatic nitrogens is 1. The minimum absolute atomic E-state index is 0.00211. The van der Waals surface area contributed by atoms with Crippen LogP contribution in [0.2, 0.25) is 0 Å². The Morgan fingerprint density at radius 2 is 2.10 bits per heavy atom. The molecule has 0 aliphatic carbocycles. The van der Waals surface area contributed by atoms with Crippen molar-refractivity contribution < 1.29 is 8.42 Å². The Kier molecular flexibility index (Phi) is 4.66. The number of nitrogens with zero attached hydrogens (tertiary/aromatic N) is 2. The van der Waals surface area contributed by atoms with Crippen molar-refractivity contribution in [2.75, 3.05) is 23.0 Å². The summed E-state index contributed by atoms with van der Waals surface area (Å²) in [6.07, 6.45) is 0. The average Bonchev–Trinajstić information content (AvgIpc) is 2.65. The van der Waals surface area contributed by atoms with Gasteiger partial charge >= 0.3 is 0 Å². The molecule has 21 heavy (non-hydrogen) atoms. The summed E-state index contributed by atoms with van der Waals surface area (Å²) in [5.41, 5.74) is 1.11. The number of rotatable bonds is 3. The van der Waals surface area contributed by atoms with E-state index in [-0.39, 0.29) is 23.1 Å². The molecule has 1 unspecified atom stereocenters. The molecule has 1 saturated heterocycles. The second kappa shape index (κ2) is 5.85. The summed E-state index contributed by atoms with van der Waals surface area (Å²) in [5, 5.41) is 4.42. The Hall–Kier alpha value is -0.660. The summed E-state index contributed by atoms with van der Waals surface area (Å²) in [4.78, 5) is 7.99. The smallest absolute Gasteiger partial charge is 0.186 e. The first-order chi connectivity index (χ1) is 9.57. The number of anilines is 1. The van der Waals surface area contributed by atoms with Crippen LogP contribution < -0.4 is 10.2 Å². The third-order valence-electron chi connectivity index (χ3n) is 3.58. The molecule has 1 atom stereocenters.